The Bertz CT molecular complexity index is 431. The Kier molecular flexibility index (Phi) is 4.87. The van der Waals surface area contributed by atoms with Crippen molar-refractivity contribution in [2.24, 2.45) is 0 Å². The number of nitrogens with one attached hydrogen (secondary N) is 1. The molecule has 1 heterocycles. The quantitative estimate of drug-likeness (QED) is 0.916. The summed E-state index contributed by atoms with van der Waals surface area (Å²) in [7, 11) is 0. The van der Waals surface area contributed by atoms with Gasteiger partial charge in [0.2, 0.25) is 5.91 Å². The molecule has 1 fully saturated rings. The second kappa shape index (κ2) is 6.41. The molecule has 0 aliphatic carbocycles. The van der Waals surface area contributed by atoms with Gasteiger partial charge in [0.05, 0.1) is 28.3 Å². The maximum atomic E-state index is 11.9. The van der Waals surface area contributed by atoms with Crippen LogP contribution >= 0.6 is 23.2 Å². The first kappa shape index (κ1) is 13.7. The van der Waals surface area contributed by atoms with Crippen molar-refractivity contribution >= 4 is 34.8 Å². The number of carbonyl (C=O) groups excluding carboxylic acids is 1. The van der Waals surface area contributed by atoms with Crippen LogP contribution in [0.4, 0.5) is 5.69 Å². The second-order valence-corrected chi connectivity index (χ2v) is 5.13. The van der Waals surface area contributed by atoms with Crippen LogP contribution in [0.3, 0.4) is 0 Å². The van der Waals surface area contributed by atoms with Crippen LogP contribution in [0.1, 0.15) is 25.7 Å². The van der Waals surface area contributed by atoms with Gasteiger partial charge in [-0.2, -0.15) is 0 Å². The fourth-order valence-corrected chi connectivity index (χ4v) is 2.32. The molecule has 1 N–H and O–H groups in total. The summed E-state index contributed by atoms with van der Waals surface area (Å²) in [5.41, 5.74) is 0.546. The first-order valence-electron chi connectivity index (χ1n) is 6.02. The first-order valence-corrected chi connectivity index (χ1v) is 6.78. The first-order chi connectivity index (χ1) is 8.66. The molecule has 0 aromatic heterocycles. The summed E-state index contributed by atoms with van der Waals surface area (Å²) < 4.78 is 5.52. The van der Waals surface area contributed by atoms with E-state index in [1.807, 2.05) is 0 Å². The third-order valence-corrected chi connectivity index (χ3v) is 3.73. The van der Waals surface area contributed by atoms with Crippen LogP contribution in [0.2, 0.25) is 10.0 Å². The molecule has 1 aromatic rings. The van der Waals surface area contributed by atoms with Gasteiger partial charge in [0.1, 0.15) is 0 Å². The van der Waals surface area contributed by atoms with Crippen molar-refractivity contribution in [1.82, 2.24) is 0 Å². The minimum absolute atomic E-state index is 0.0247. The van der Waals surface area contributed by atoms with E-state index in [2.05, 4.69) is 5.32 Å². The molecule has 1 aliphatic heterocycles. The van der Waals surface area contributed by atoms with Crippen molar-refractivity contribution in [2.45, 2.75) is 31.8 Å². The Labute approximate surface area is 116 Å². The molecule has 0 spiro atoms. The molecule has 1 aliphatic rings. The highest BCUT2D eigenvalue weighted by Crippen LogP contribution is 2.29. The van der Waals surface area contributed by atoms with Crippen LogP contribution in [0.15, 0.2) is 18.2 Å². The highest BCUT2D eigenvalue weighted by Gasteiger charge is 2.18. The molecule has 0 radical (unpaired) electrons. The number of rotatable bonds is 3. The average molecular weight is 288 g/mol. The Hall–Kier alpha value is -0.770. The molecule has 3 nitrogen and oxygen atoms in total. The molecule has 2 rings (SSSR count). The van der Waals surface area contributed by atoms with Crippen LogP contribution in [0.25, 0.3) is 0 Å². The molecular weight excluding hydrogens is 273 g/mol. The van der Waals surface area contributed by atoms with Crippen LogP contribution in [0, 0.1) is 0 Å². The van der Waals surface area contributed by atoms with Crippen molar-refractivity contribution in [3.8, 4) is 0 Å². The van der Waals surface area contributed by atoms with Gasteiger partial charge in [-0.25, -0.2) is 0 Å². The maximum Gasteiger partial charge on any atom is 0.227 e. The van der Waals surface area contributed by atoms with Gasteiger partial charge in [-0.15, -0.1) is 0 Å². The Morgan fingerprint density at radius 2 is 2.22 bits per heavy atom. The highest BCUT2D eigenvalue weighted by atomic mass is 35.5. The van der Waals surface area contributed by atoms with Crippen LogP contribution in [-0.4, -0.2) is 18.6 Å². The summed E-state index contributed by atoms with van der Waals surface area (Å²) >= 11 is 11.9. The van der Waals surface area contributed by atoms with E-state index in [9.17, 15) is 4.79 Å². The Balaban J connectivity index is 1.92. The molecule has 1 unspecified atom stereocenters. The van der Waals surface area contributed by atoms with E-state index in [0.29, 0.717) is 22.2 Å². The molecule has 18 heavy (non-hydrogen) atoms. The number of ether oxygens (including phenoxy) is 1. The van der Waals surface area contributed by atoms with Gasteiger partial charge in [-0.05, 0) is 31.4 Å². The van der Waals surface area contributed by atoms with E-state index in [4.69, 9.17) is 27.9 Å². The van der Waals surface area contributed by atoms with E-state index in [1.165, 1.54) is 0 Å². The zero-order valence-electron chi connectivity index (χ0n) is 9.92. The van der Waals surface area contributed by atoms with Crippen molar-refractivity contribution in [1.29, 1.82) is 0 Å². The summed E-state index contributed by atoms with van der Waals surface area (Å²) in [6.45, 7) is 0.746. The summed E-state index contributed by atoms with van der Waals surface area (Å²) in [5, 5.41) is 3.57. The number of carbonyl (C=O) groups is 1. The lowest BCUT2D eigenvalue weighted by Crippen LogP contribution is -2.25. The summed E-state index contributed by atoms with van der Waals surface area (Å²) in [6.07, 6.45) is 3.53. The zero-order valence-corrected chi connectivity index (χ0v) is 11.4. The zero-order chi connectivity index (χ0) is 13.0. The van der Waals surface area contributed by atoms with Crippen LogP contribution in [0.5, 0.6) is 0 Å². The van der Waals surface area contributed by atoms with Crippen molar-refractivity contribution in [3.05, 3.63) is 28.2 Å². The van der Waals surface area contributed by atoms with E-state index in [0.717, 1.165) is 25.9 Å². The monoisotopic (exact) mass is 287 g/mol. The lowest BCUT2D eigenvalue weighted by atomic mass is 10.1. The molecule has 1 atom stereocenters. The third-order valence-electron chi connectivity index (χ3n) is 2.91. The summed E-state index contributed by atoms with van der Waals surface area (Å²) in [6, 6.07) is 5.17. The summed E-state index contributed by atoms with van der Waals surface area (Å²) in [5.74, 6) is -0.0916. The van der Waals surface area contributed by atoms with Crippen LogP contribution < -0.4 is 5.32 Å². The Morgan fingerprint density at radius 3 is 2.94 bits per heavy atom. The molecule has 0 bridgehead atoms. The van der Waals surface area contributed by atoms with Gasteiger partial charge in [-0.3, -0.25) is 4.79 Å². The summed E-state index contributed by atoms with van der Waals surface area (Å²) in [4.78, 5) is 11.9. The van der Waals surface area contributed by atoms with Crippen molar-refractivity contribution in [3.63, 3.8) is 0 Å². The van der Waals surface area contributed by atoms with Gasteiger partial charge in [-0.1, -0.05) is 29.3 Å². The van der Waals surface area contributed by atoms with E-state index in [1.54, 1.807) is 18.2 Å². The predicted octanol–water partition coefficient (Wildman–Crippen LogP) is 3.89. The fraction of sp³-hybridized carbons (Fsp3) is 0.462. The number of amides is 1. The highest BCUT2D eigenvalue weighted by molar-refractivity contribution is 6.43. The average Bonchev–Trinajstić information content (AvgIpc) is 2.36. The molecule has 1 aromatic carbocycles. The molecule has 5 heteroatoms. The number of anilines is 1. The normalized spacial score (nSPS) is 19.6. The number of hydrogen-bond donors (Lipinski definition) is 1. The molecular formula is C13H15Cl2NO2. The second-order valence-electron chi connectivity index (χ2n) is 4.34. The maximum absolute atomic E-state index is 11.9. The predicted molar refractivity (Wildman–Crippen MR) is 73.3 cm³/mol. The molecule has 1 amide bonds. The fourth-order valence-electron chi connectivity index (χ4n) is 1.98. The van der Waals surface area contributed by atoms with Crippen molar-refractivity contribution < 1.29 is 9.53 Å². The molecule has 1 saturated heterocycles. The SMILES string of the molecule is O=C(CC1CCCCO1)Nc1cccc(Cl)c1Cl. The molecule has 98 valence electrons. The van der Waals surface area contributed by atoms with E-state index < -0.39 is 0 Å². The number of halogens is 2. The smallest absolute Gasteiger partial charge is 0.227 e. The van der Waals surface area contributed by atoms with Gasteiger partial charge >= 0.3 is 0 Å². The lowest BCUT2D eigenvalue weighted by Gasteiger charge is -2.22. The minimum Gasteiger partial charge on any atom is -0.378 e. The van der Waals surface area contributed by atoms with Gasteiger partial charge in [0, 0.05) is 6.61 Å². The van der Waals surface area contributed by atoms with Crippen LogP contribution in [-0.2, 0) is 9.53 Å². The van der Waals surface area contributed by atoms with Gasteiger partial charge in [0.25, 0.3) is 0 Å². The minimum atomic E-state index is -0.0916. The van der Waals surface area contributed by atoms with E-state index >= 15 is 0 Å². The topological polar surface area (TPSA) is 38.3 Å². The van der Waals surface area contributed by atoms with Gasteiger partial charge in [0.15, 0.2) is 0 Å². The largest absolute Gasteiger partial charge is 0.378 e. The molecule has 0 saturated carbocycles. The van der Waals surface area contributed by atoms with Gasteiger partial charge < -0.3 is 10.1 Å². The number of hydrogen-bond acceptors (Lipinski definition) is 2. The van der Waals surface area contributed by atoms with E-state index in [-0.39, 0.29) is 12.0 Å². The third kappa shape index (κ3) is 3.61. The van der Waals surface area contributed by atoms with Crippen molar-refractivity contribution in [2.75, 3.05) is 11.9 Å². The number of benzene rings is 1. The Morgan fingerprint density at radius 1 is 1.39 bits per heavy atom. The standard InChI is InChI=1S/C13H15Cl2NO2/c14-10-5-3-6-11(13(10)15)16-12(17)8-9-4-1-2-7-18-9/h3,5-6,9H,1-2,4,7-8H2,(H,16,17). The lowest BCUT2D eigenvalue weighted by molar-refractivity contribution is -0.119.